The highest BCUT2D eigenvalue weighted by Gasteiger charge is 2.14. The molecular formula is C23H21ClN4O2. The van der Waals surface area contributed by atoms with E-state index < -0.39 is 0 Å². The summed E-state index contributed by atoms with van der Waals surface area (Å²) in [4.78, 5) is 4.14. The van der Waals surface area contributed by atoms with Crippen molar-refractivity contribution in [2.45, 2.75) is 13.5 Å². The molecule has 0 atom stereocenters. The van der Waals surface area contributed by atoms with Crippen molar-refractivity contribution in [2.75, 3.05) is 6.61 Å². The van der Waals surface area contributed by atoms with E-state index in [1.54, 1.807) is 6.20 Å². The maximum atomic E-state index is 5.70. The van der Waals surface area contributed by atoms with E-state index in [1.807, 2.05) is 60.4 Å². The number of hydrogen-bond donors (Lipinski definition) is 0. The van der Waals surface area contributed by atoms with Gasteiger partial charge in [-0.25, -0.2) is 4.98 Å². The van der Waals surface area contributed by atoms with Crippen LogP contribution in [0.25, 0.3) is 28.0 Å². The molecule has 7 heteroatoms. The van der Waals surface area contributed by atoms with Gasteiger partial charge in [-0.15, -0.1) is 12.4 Å². The molecule has 0 saturated heterocycles. The Balaban J connectivity index is 0.00000218. The number of benzene rings is 2. The van der Waals surface area contributed by atoms with Gasteiger partial charge >= 0.3 is 0 Å². The normalized spacial score (nSPS) is 10.8. The zero-order valence-corrected chi connectivity index (χ0v) is 17.2. The second-order valence-corrected chi connectivity index (χ2v) is 6.78. The number of halogens is 1. The molecule has 6 nitrogen and oxygen atoms in total. The number of ether oxygens (including phenoxy) is 1. The summed E-state index contributed by atoms with van der Waals surface area (Å²) in [6.45, 7) is 3.36. The Morgan fingerprint density at radius 1 is 1.07 bits per heavy atom. The number of nitrogens with zero attached hydrogens (tertiary/aromatic N) is 4. The maximum Gasteiger partial charge on any atom is 0.236 e. The lowest BCUT2D eigenvalue weighted by Crippen LogP contribution is -1.95. The quantitative estimate of drug-likeness (QED) is 0.371. The van der Waals surface area contributed by atoms with E-state index in [1.165, 1.54) is 10.9 Å². The van der Waals surface area contributed by atoms with Crippen molar-refractivity contribution in [3.05, 3.63) is 85.1 Å². The van der Waals surface area contributed by atoms with Crippen molar-refractivity contribution in [1.29, 1.82) is 0 Å². The van der Waals surface area contributed by atoms with Crippen LogP contribution in [0.4, 0.5) is 0 Å². The first-order valence-corrected chi connectivity index (χ1v) is 9.57. The van der Waals surface area contributed by atoms with Gasteiger partial charge in [-0.05, 0) is 42.8 Å². The van der Waals surface area contributed by atoms with Gasteiger partial charge in [0.05, 0.1) is 25.0 Å². The molecule has 0 aliphatic heterocycles. The van der Waals surface area contributed by atoms with Crippen LogP contribution in [0.15, 0.2) is 84.0 Å². The SMILES string of the molecule is CCOc1ccc(-c2cc(-n3cc(Cn4ccnc4)c4ccccc43)on2)cc1.Cl. The number of aromatic nitrogens is 4. The molecule has 0 fully saturated rings. The molecule has 0 radical (unpaired) electrons. The zero-order valence-electron chi connectivity index (χ0n) is 16.4. The van der Waals surface area contributed by atoms with E-state index in [4.69, 9.17) is 9.26 Å². The minimum absolute atomic E-state index is 0. The molecule has 5 aromatic rings. The molecule has 3 aromatic heterocycles. The third-order valence-electron chi connectivity index (χ3n) is 4.90. The fourth-order valence-corrected chi connectivity index (χ4v) is 3.54. The summed E-state index contributed by atoms with van der Waals surface area (Å²) in [5, 5.41) is 5.46. The molecule has 0 spiro atoms. The number of para-hydroxylation sites is 1. The van der Waals surface area contributed by atoms with Gasteiger partial charge in [0.2, 0.25) is 5.88 Å². The molecule has 30 heavy (non-hydrogen) atoms. The van der Waals surface area contributed by atoms with Gasteiger partial charge in [-0.1, -0.05) is 23.4 Å². The summed E-state index contributed by atoms with van der Waals surface area (Å²) in [7, 11) is 0. The molecule has 2 aromatic carbocycles. The van der Waals surface area contributed by atoms with E-state index >= 15 is 0 Å². The van der Waals surface area contributed by atoms with E-state index in [0.717, 1.165) is 29.1 Å². The predicted molar refractivity (Wildman–Crippen MR) is 119 cm³/mol. The van der Waals surface area contributed by atoms with Crippen molar-refractivity contribution >= 4 is 23.3 Å². The molecule has 0 N–H and O–H groups in total. The van der Waals surface area contributed by atoms with Crippen LogP contribution in [0.3, 0.4) is 0 Å². The topological polar surface area (TPSA) is 58.0 Å². The summed E-state index contributed by atoms with van der Waals surface area (Å²) in [5.41, 5.74) is 4.05. The predicted octanol–water partition coefficient (Wildman–Crippen LogP) is 5.35. The number of imidazole rings is 1. The van der Waals surface area contributed by atoms with Gasteiger partial charge in [0.1, 0.15) is 11.4 Å². The van der Waals surface area contributed by atoms with Crippen LogP contribution in [0.2, 0.25) is 0 Å². The smallest absolute Gasteiger partial charge is 0.236 e. The highest BCUT2D eigenvalue weighted by Crippen LogP contribution is 2.28. The molecule has 0 unspecified atom stereocenters. The number of fused-ring (bicyclic) bond motifs is 1. The van der Waals surface area contributed by atoms with Gasteiger partial charge in [-0.2, -0.15) is 0 Å². The average Bonchev–Trinajstić information content (AvgIpc) is 3.50. The van der Waals surface area contributed by atoms with Crippen molar-refractivity contribution in [3.63, 3.8) is 0 Å². The Hall–Kier alpha value is -3.51. The second kappa shape index (κ2) is 8.47. The Morgan fingerprint density at radius 2 is 1.90 bits per heavy atom. The van der Waals surface area contributed by atoms with Gasteiger partial charge < -0.3 is 13.8 Å². The van der Waals surface area contributed by atoms with Crippen LogP contribution in [-0.2, 0) is 6.54 Å². The fraction of sp³-hybridized carbons (Fsp3) is 0.130. The van der Waals surface area contributed by atoms with Crippen LogP contribution in [-0.4, -0.2) is 25.9 Å². The molecule has 0 amide bonds. The van der Waals surface area contributed by atoms with Crippen molar-refractivity contribution < 1.29 is 9.26 Å². The Kier molecular flexibility index (Phi) is 5.59. The van der Waals surface area contributed by atoms with Crippen LogP contribution in [0.1, 0.15) is 12.5 Å². The largest absolute Gasteiger partial charge is 0.494 e. The summed E-state index contributed by atoms with van der Waals surface area (Å²) in [6.07, 6.45) is 7.68. The first kappa shape index (κ1) is 19.8. The number of hydrogen-bond acceptors (Lipinski definition) is 4. The average molecular weight is 421 g/mol. The van der Waals surface area contributed by atoms with E-state index in [0.29, 0.717) is 12.5 Å². The molecule has 0 aliphatic rings. The Morgan fingerprint density at radius 3 is 2.67 bits per heavy atom. The van der Waals surface area contributed by atoms with E-state index in [9.17, 15) is 0 Å². The minimum Gasteiger partial charge on any atom is -0.494 e. The molecule has 0 bridgehead atoms. The maximum absolute atomic E-state index is 5.70. The lowest BCUT2D eigenvalue weighted by molar-refractivity contribution is 0.340. The lowest BCUT2D eigenvalue weighted by atomic mass is 10.1. The lowest BCUT2D eigenvalue weighted by Gasteiger charge is -2.02. The third-order valence-corrected chi connectivity index (χ3v) is 4.90. The van der Waals surface area contributed by atoms with Gasteiger partial charge in [-0.3, -0.25) is 4.57 Å². The van der Waals surface area contributed by atoms with Crippen molar-refractivity contribution in [1.82, 2.24) is 19.3 Å². The monoisotopic (exact) mass is 420 g/mol. The molecule has 3 heterocycles. The van der Waals surface area contributed by atoms with Crippen LogP contribution >= 0.6 is 12.4 Å². The molecule has 0 aliphatic carbocycles. The van der Waals surface area contributed by atoms with Gasteiger partial charge in [0.25, 0.3) is 0 Å². The summed E-state index contributed by atoms with van der Waals surface area (Å²) < 4.78 is 15.3. The van der Waals surface area contributed by atoms with Gasteiger partial charge in [0.15, 0.2) is 0 Å². The molecular weight excluding hydrogens is 400 g/mol. The van der Waals surface area contributed by atoms with Crippen molar-refractivity contribution in [2.24, 2.45) is 0 Å². The zero-order chi connectivity index (χ0) is 19.6. The number of rotatable bonds is 6. The molecule has 5 rings (SSSR count). The molecule has 0 saturated carbocycles. The first-order valence-electron chi connectivity index (χ1n) is 9.57. The standard InChI is InChI=1S/C23H20N4O2.ClH/c1-2-28-19-9-7-17(8-10-19)21-13-23(29-25-21)27-15-18(14-26-12-11-24-16-26)20-5-3-4-6-22(20)27;/h3-13,15-16H,2,14H2,1H3;1H. The summed E-state index contributed by atoms with van der Waals surface area (Å²) in [6, 6.07) is 18.1. The van der Waals surface area contributed by atoms with Crippen LogP contribution in [0.5, 0.6) is 5.75 Å². The first-order chi connectivity index (χ1) is 14.3. The van der Waals surface area contributed by atoms with Crippen LogP contribution < -0.4 is 4.74 Å². The molecule has 152 valence electrons. The van der Waals surface area contributed by atoms with Gasteiger partial charge in [0, 0.05) is 35.6 Å². The highest BCUT2D eigenvalue weighted by molar-refractivity contribution is 5.86. The minimum atomic E-state index is 0. The van der Waals surface area contributed by atoms with Crippen molar-refractivity contribution in [3.8, 4) is 22.9 Å². The van der Waals surface area contributed by atoms with Crippen LogP contribution in [0, 0.1) is 0 Å². The Labute approximate surface area is 180 Å². The third kappa shape index (κ3) is 3.69. The second-order valence-electron chi connectivity index (χ2n) is 6.78. The fourth-order valence-electron chi connectivity index (χ4n) is 3.54. The summed E-state index contributed by atoms with van der Waals surface area (Å²) in [5.74, 6) is 1.53. The Bertz CT molecular complexity index is 1240. The van der Waals surface area contributed by atoms with E-state index in [-0.39, 0.29) is 12.4 Å². The highest BCUT2D eigenvalue weighted by atomic mass is 35.5. The van der Waals surface area contributed by atoms with E-state index in [2.05, 4.69) is 39.1 Å². The summed E-state index contributed by atoms with van der Waals surface area (Å²) >= 11 is 0.